The highest BCUT2D eigenvalue weighted by atomic mass is 15.2. The standard InChI is InChI=1S/C15H27N3/c1-14(2)7-4-9-18(10-8-14)12-15(3,11-16)17-13-5-6-13/h13,17H,4-10,12H2,1-3H3. The van der Waals surface area contributed by atoms with Gasteiger partial charge in [-0.2, -0.15) is 5.26 Å². The summed E-state index contributed by atoms with van der Waals surface area (Å²) in [6.45, 7) is 9.94. The SMILES string of the molecule is CC1(C)CCCN(CC(C)(C#N)NC2CC2)CC1. The first kappa shape index (κ1) is 13.8. The third-order valence-corrected chi connectivity index (χ3v) is 4.32. The molecular formula is C15H27N3. The van der Waals surface area contributed by atoms with Gasteiger partial charge in [0.2, 0.25) is 0 Å². The van der Waals surface area contributed by atoms with Crippen LogP contribution in [0.5, 0.6) is 0 Å². The molecule has 1 saturated heterocycles. The van der Waals surface area contributed by atoms with E-state index in [1.165, 1.54) is 32.1 Å². The number of hydrogen-bond donors (Lipinski definition) is 1. The first-order chi connectivity index (χ1) is 8.42. The van der Waals surface area contributed by atoms with Crippen LogP contribution in [0.3, 0.4) is 0 Å². The van der Waals surface area contributed by atoms with Crippen molar-refractivity contribution in [3.8, 4) is 6.07 Å². The molecule has 18 heavy (non-hydrogen) atoms. The molecule has 2 aliphatic rings. The van der Waals surface area contributed by atoms with Gasteiger partial charge in [-0.25, -0.2) is 0 Å². The zero-order chi connectivity index (χ0) is 13.2. The fourth-order valence-electron chi connectivity index (χ4n) is 2.88. The molecule has 1 atom stereocenters. The Labute approximate surface area is 112 Å². The maximum absolute atomic E-state index is 9.43. The fraction of sp³-hybridized carbons (Fsp3) is 0.933. The predicted molar refractivity (Wildman–Crippen MR) is 74.2 cm³/mol. The molecule has 102 valence electrons. The maximum atomic E-state index is 9.43. The third kappa shape index (κ3) is 3.96. The van der Waals surface area contributed by atoms with Gasteiger partial charge in [0.25, 0.3) is 0 Å². The molecule has 0 spiro atoms. The van der Waals surface area contributed by atoms with Crippen molar-refractivity contribution >= 4 is 0 Å². The second-order valence-corrected chi connectivity index (χ2v) is 7.16. The predicted octanol–water partition coefficient (Wildman–Crippen LogP) is 2.53. The second kappa shape index (κ2) is 5.19. The molecule has 3 heteroatoms. The number of nitriles is 1. The van der Waals surface area contributed by atoms with Crippen LogP contribution in [0.4, 0.5) is 0 Å². The summed E-state index contributed by atoms with van der Waals surface area (Å²) in [4.78, 5) is 2.48. The first-order valence-corrected chi connectivity index (χ1v) is 7.34. The largest absolute Gasteiger partial charge is 0.300 e. The van der Waals surface area contributed by atoms with Crippen molar-refractivity contribution in [1.29, 1.82) is 5.26 Å². The van der Waals surface area contributed by atoms with Crippen LogP contribution in [-0.2, 0) is 0 Å². The molecule has 1 unspecified atom stereocenters. The van der Waals surface area contributed by atoms with E-state index >= 15 is 0 Å². The highest BCUT2D eigenvalue weighted by molar-refractivity contribution is 5.09. The summed E-state index contributed by atoms with van der Waals surface area (Å²) in [5.74, 6) is 0. The van der Waals surface area contributed by atoms with Crippen molar-refractivity contribution in [3.63, 3.8) is 0 Å². The van der Waals surface area contributed by atoms with Crippen molar-refractivity contribution in [2.75, 3.05) is 19.6 Å². The van der Waals surface area contributed by atoms with Gasteiger partial charge in [-0.3, -0.25) is 5.32 Å². The number of hydrogen-bond acceptors (Lipinski definition) is 3. The lowest BCUT2D eigenvalue weighted by molar-refractivity contribution is 0.216. The number of rotatable bonds is 4. The van der Waals surface area contributed by atoms with Crippen LogP contribution < -0.4 is 5.32 Å². The van der Waals surface area contributed by atoms with Gasteiger partial charge >= 0.3 is 0 Å². The van der Waals surface area contributed by atoms with Gasteiger partial charge in [0.15, 0.2) is 0 Å². The molecule has 1 aliphatic heterocycles. The van der Waals surface area contributed by atoms with Crippen LogP contribution in [-0.4, -0.2) is 36.1 Å². The minimum Gasteiger partial charge on any atom is -0.300 e. The molecule has 1 N–H and O–H groups in total. The van der Waals surface area contributed by atoms with E-state index in [-0.39, 0.29) is 5.54 Å². The van der Waals surface area contributed by atoms with E-state index in [2.05, 4.69) is 37.1 Å². The smallest absolute Gasteiger partial charge is 0.116 e. The van der Waals surface area contributed by atoms with E-state index in [1.54, 1.807) is 0 Å². The summed E-state index contributed by atoms with van der Waals surface area (Å²) in [6.07, 6.45) is 6.30. The molecule has 0 amide bonds. The Hall–Kier alpha value is -0.590. The van der Waals surface area contributed by atoms with E-state index in [4.69, 9.17) is 0 Å². The molecule has 0 aromatic heterocycles. The van der Waals surface area contributed by atoms with Crippen LogP contribution in [0.1, 0.15) is 52.9 Å². The van der Waals surface area contributed by atoms with Crippen molar-refractivity contribution in [2.45, 2.75) is 64.5 Å². The van der Waals surface area contributed by atoms with E-state index < -0.39 is 0 Å². The van der Waals surface area contributed by atoms with Crippen molar-refractivity contribution in [3.05, 3.63) is 0 Å². The zero-order valence-corrected chi connectivity index (χ0v) is 12.1. The Balaban J connectivity index is 1.89. The van der Waals surface area contributed by atoms with E-state index in [9.17, 15) is 5.26 Å². The van der Waals surface area contributed by atoms with Crippen molar-refractivity contribution in [2.24, 2.45) is 5.41 Å². The van der Waals surface area contributed by atoms with Crippen LogP contribution in [0.25, 0.3) is 0 Å². The highest BCUT2D eigenvalue weighted by Crippen LogP contribution is 2.30. The molecule has 1 saturated carbocycles. The Morgan fingerprint density at radius 3 is 2.67 bits per heavy atom. The molecule has 2 fully saturated rings. The van der Waals surface area contributed by atoms with Gasteiger partial charge < -0.3 is 4.90 Å². The molecular weight excluding hydrogens is 222 g/mol. The van der Waals surface area contributed by atoms with Gasteiger partial charge in [0.05, 0.1) is 6.07 Å². The maximum Gasteiger partial charge on any atom is 0.116 e. The molecule has 2 rings (SSSR count). The van der Waals surface area contributed by atoms with E-state index in [1.807, 2.05) is 0 Å². The average Bonchev–Trinajstić information content (AvgIpc) is 3.09. The van der Waals surface area contributed by atoms with Gasteiger partial charge in [-0.05, 0) is 57.5 Å². The van der Waals surface area contributed by atoms with Crippen LogP contribution in [0.15, 0.2) is 0 Å². The summed E-state index contributed by atoms with van der Waals surface area (Å²) in [7, 11) is 0. The molecule has 0 bridgehead atoms. The summed E-state index contributed by atoms with van der Waals surface area (Å²) in [5.41, 5.74) is 0.108. The summed E-state index contributed by atoms with van der Waals surface area (Å²) in [6, 6.07) is 3.08. The van der Waals surface area contributed by atoms with Crippen molar-refractivity contribution < 1.29 is 0 Å². The van der Waals surface area contributed by atoms with Gasteiger partial charge in [-0.1, -0.05) is 13.8 Å². The lowest BCUT2D eigenvalue weighted by Gasteiger charge is -2.31. The summed E-state index contributed by atoms with van der Waals surface area (Å²) >= 11 is 0. The van der Waals surface area contributed by atoms with Gasteiger partial charge in [-0.15, -0.1) is 0 Å². The van der Waals surface area contributed by atoms with E-state index in [0.717, 1.165) is 19.6 Å². The lowest BCUT2D eigenvalue weighted by atomic mass is 9.85. The number of nitrogens with one attached hydrogen (secondary N) is 1. The van der Waals surface area contributed by atoms with Gasteiger partial charge in [0.1, 0.15) is 5.54 Å². The molecule has 3 nitrogen and oxygen atoms in total. The van der Waals surface area contributed by atoms with Crippen LogP contribution >= 0.6 is 0 Å². The monoisotopic (exact) mass is 249 g/mol. The molecule has 0 aromatic rings. The van der Waals surface area contributed by atoms with Crippen LogP contribution in [0.2, 0.25) is 0 Å². The quantitative estimate of drug-likeness (QED) is 0.832. The zero-order valence-electron chi connectivity index (χ0n) is 12.1. The third-order valence-electron chi connectivity index (χ3n) is 4.32. The number of nitrogens with zero attached hydrogens (tertiary/aromatic N) is 2. The first-order valence-electron chi connectivity index (χ1n) is 7.34. The minimum absolute atomic E-state index is 0.365. The Bertz CT molecular complexity index is 327. The average molecular weight is 249 g/mol. The van der Waals surface area contributed by atoms with Gasteiger partial charge in [0, 0.05) is 12.6 Å². The topological polar surface area (TPSA) is 39.1 Å². The Kier molecular flexibility index (Phi) is 3.99. The summed E-state index contributed by atoms with van der Waals surface area (Å²) < 4.78 is 0. The Morgan fingerprint density at radius 1 is 1.33 bits per heavy atom. The lowest BCUT2D eigenvalue weighted by Crippen LogP contribution is -2.51. The number of likely N-dealkylation sites (tertiary alicyclic amines) is 1. The Morgan fingerprint density at radius 2 is 2.06 bits per heavy atom. The molecule has 1 heterocycles. The molecule has 0 aromatic carbocycles. The summed E-state index contributed by atoms with van der Waals surface area (Å²) in [5, 5.41) is 12.9. The molecule has 1 aliphatic carbocycles. The minimum atomic E-state index is -0.365. The van der Waals surface area contributed by atoms with Crippen molar-refractivity contribution in [1.82, 2.24) is 10.2 Å². The fourth-order valence-corrected chi connectivity index (χ4v) is 2.88. The normalized spacial score (nSPS) is 28.1. The highest BCUT2D eigenvalue weighted by Gasteiger charge is 2.34. The molecule has 0 radical (unpaired) electrons. The second-order valence-electron chi connectivity index (χ2n) is 7.16. The van der Waals surface area contributed by atoms with E-state index in [0.29, 0.717) is 11.5 Å². The van der Waals surface area contributed by atoms with Crippen LogP contribution in [0, 0.1) is 16.7 Å².